The average Bonchev–Trinajstić information content (AvgIpc) is 2.85. The van der Waals surface area contributed by atoms with E-state index in [1.165, 1.54) is 0 Å². The molecular weight excluding hydrogens is 524 g/mol. The van der Waals surface area contributed by atoms with E-state index in [1.54, 1.807) is 62.4 Å². The summed E-state index contributed by atoms with van der Waals surface area (Å²) in [6, 6.07) is 13.4. The first kappa shape index (κ1) is 31.5. The number of para-hydroxylation sites is 2. The molecule has 0 aliphatic rings. The summed E-state index contributed by atoms with van der Waals surface area (Å²) < 4.78 is 21.1. The summed E-state index contributed by atoms with van der Waals surface area (Å²) in [5.74, 6) is -5.76. The first-order chi connectivity index (χ1) is 18.8. The molecule has 214 valence electrons. The minimum absolute atomic E-state index is 0.351. The lowest BCUT2D eigenvalue weighted by Crippen LogP contribution is -2.57. The maximum atomic E-state index is 13.4. The van der Waals surface area contributed by atoms with Crippen molar-refractivity contribution in [3.8, 4) is 0 Å². The molecule has 12 heteroatoms. The van der Waals surface area contributed by atoms with Crippen LogP contribution in [0.3, 0.4) is 0 Å². The van der Waals surface area contributed by atoms with E-state index in [0.717, 1.165) is 27.7 Å². The van der Waals surface area contributed by atoms with Gasteiger partial charge in [0.15, 0.2) is 12.2 Å². The van der Waals surface area contributed by atoms with Crippen LogP contribution < -0.4 is 10.6 Å². The summed E-state index contributed by atoms with van der Waals surface area (Å²) in [5.41, 5.74) is 2.02. The molecule has 0 fully saturated rings. The first-order valence-electron chi connectivity index (χ1n) is 12.2. The van der Waals surface area contributed by atoms with Gasteiger partial charge in [0.1, 0.15) is 0 Å². The van der Waals surface area contributed by atoms with Crippen molar-refractivity contribution in [3.63, 3.8) is 0 Å². The van der Waals surface area contributed by atoms with Gasteiger partial charge in [0.2, 0.25) is 12.2 Å². The van der Waals surface area contributed by atoms with Crippen LogP contribution in [0.2, 0.25) is 0 Å². The van der Waals surface area contributed by atoms with Crippen LogP contribution in [0.15, 0.2) is 48.5 Å². The molecule has 12 nitrogen and oxygen atoms in total. The fourth-order valence-corrected chi connectivity index (χ4v) is 3.72. The van der Waals surface area contributed by atoms with Crippen molar-refractivity contribution < 1.29 is 47.7 Å². The number of carbonyl (C=O) groups excluding carboxylic acids is 6. The Morgan fingerprint density at radius 1 is 0.525 bits per heavy atom. The average molecular weight is 557 g/mol. The van der Waals surface area contributed by atoms with Crippen LogP contribution in [0, 0.1) is 13.8 Å². The highest BCUT2D eigenvalue weighted by atomic mass is 16.6. The van der Waals surface area contributed by atoms with Gasteiger partial charge in [-0.15, -0.1) is 0 Å². The predicted molar refractivity (Wildman–Crippen MR) is 142 cm³/mol. The monoisotopic (exact) mass is 556 g/mol. The zero-order chi connectivity index (χ0) is 30.0. The summed E-state index contributed by atoms with van der Waals surface area (Å²) in [4.78, 5) is 75.3. The number of carbonyl (C=O) groups is 6. The number of ether oxygens (including phenoxy) is 4. The Kier molecular flexibility index (Phi) is 11.4. The SMILES string of the molecule is CC(=O)OC(C(=O)Nc1ccccc1C)C(OC(C)=O)C(OC(C)=O)C(OC(C)=O)C(=O)Nc1ccccc1C. The van der Waals surface area contributed by atoms with E-state index < -0.39 is 60.1 Å². The molecule has 2 amide bonds. The van der Waals surface area contributed by atoms with Crippen molar-refractivity contribution in [2.45, 2.75) is 66.0 Å². The van der Waals surface area contributed by atoms with Crippen molar-refractivity contribution >= 4 is 47.1 Å². The maximum absolute atomic E-state index is 13.4. The molecule has 0 heterocycles. The van der Waals surface area contributed by atoms with Crippen molar-refractivity contribution in [1.82, 2.24) is 0 Å². The van der Waals surface area contributed by atoms with E-state index in [1.807, 2.05) is 0 Å². The summed E-state index contributed by atoms with van der Waals surface area (Å²) in [6.07, 6.45) is -7.70. The Labute approximate surface area is 231 Å². The number of benzene rings is 2. The highest BCUT2D eigenvalue weighted by Crippen LogP contribution is 2.24. The molecule has 2 rings (SSSR count). The molecule has 0 saturated heterocycles. The number of hydrogen-bond acceptors (Lipinski definition) is 10. The van der Waals surface area contributed by atoms with Gasteiger partial charge in [-0.1, -0.05) is 36.4 Å². The van der Waals surface area contributed by atoms with E-state index in [-0.39, 0.29) is 0 Å². The van der Waals surface area contributed by atoms with Crippen LogP contribution in [0.25, 0.3) is 0 Å². The third kappa shape index (κ3) is 9.22. The van der Waals surface area contributed by atoms with Gasteiger partial charge < -0.3 is 29.6 Å². The van der Waals surface area contributed by atoms with Gasteiger partial charge in [-0.3, -0.25) is 28.8 Å². The van der Waals surface area contributed by atoms with E-state index in [4.69, 9.17) is 18.9 Å². The number of hydrogen-bond donors (Lipinski definition) is 2. The maximum Gasteiger partial charge on any atom is 0.303 e. The van der Waals surface area contributed by atoms with Crippen molar-refractivity contribution in [2.75, 3.05) is 10.6 Å². The summed E-state index contributed by atoms with van der Waals surface area (Å²) >= 11 is 0. The second kappa shape index (κ2) is 14.4. The van der Waals surface area contributed by atoms with Crippen LogP contribution in [0.4, 0.5) is 11.4 Å². The van der Waals surface area contributed by atoms with E-state index in [0.29, 0.717) is 22.5 Å². The van der Waals surface area contributed by atoms with Gasteiger partial charge in [0.05, 0.1) is 0 Å². The third-order valence-electron chi connectivity index (χ3n) is 5.43. The number of anilines is 2. The number of aryl methyl sites for hydroxylation is 2. The molecule has 0 radical (unpaired) electrons. The summed E-state index contributed by atoms with van der Waals surface area (Å²) in [7, 11) is 0. The minimum atomic E-state index is -1.94. The molecule has 4 unspecified atom stereocenters. The fourth-order valence-electron chi connectivity index (χ4n) is 3.72. The van der Waals surface area contributed by atoms with Gasteiger partial charge in [-0.05, 0) is 37.1 Å². The van der Waals surface area contributed by atoms with E-state index in [9.17, 15) is 28.8 Å². The standard InChI is InChI=1S/C28H32N2O10/c1-15-11-7-9-13-21(15)29-27(35)25(39-19(5)33)23(37-17(3)31)24(38-18(4)32)26(40-20(6)34)28(36)30-22-14-10-8-12-16(22)2/h7-14,23-26H,1-6H3,(H,29,35)(H,30,36). The van der Waals surface area contributed by atoms with Crippen LogP contribution in [0.1, 0.15) is 38.8 Å². The van der Waals surface area contributed by atoms with Crippen molar-refractivity contribution in [1.29, 1.82) is 0 Å². The lowest BCUT2D eigenvalue weighted by atomic mass is 9.99. The largest absolute Gasteiger partial charge is 0.454 e. The Balaban J connectivity index is 2.62. The molecule has 0 aliphatic carbocycles. The molecule has 2 aromatic rings. The molecule has 4 atom stereocenters. The van der Waals surface area contributed by atoms with Gasteiger partial charge in [0.25, 0.3) is 11.8 Å². The molecule has 0 aliphatic heterocycles. The molecule has 2 aromatic carbocycles. The van der Waals surface area contributed by atoms with Crippen LogP contribution in [0.5, 0.6) is 0 Å². The molecule has 0 bridgehead atoms. The van der Waals surface area contributed by atoms with E-state index in [2.05, 4.69) is 10.6 Å². The quantitative estimate of drug-likeness (QED) is 0.311. The summed E-state index contributed by atoms with van der Waals surface area (Å²) in [5, 5.41) is 5.16. The number of rotatable bonds is 11. The number of nitrogens with one attached hydrogen (secondary N) is 2. The van der Waals surface area contributed by atoms with Crippen LogP contribution >= 0.6 is 0 Å². The molecule has 0 aromatic heterocycles. The van der Waals surface area contributed by atoms with Crippen molar-refractivity contribution in [2.24, 2.45) is 0 Å². The Morgan fingerprint density at radius 3 is 1.10 bits per heavy atom. The molecule has 2 N–H and O–H groups in total. The highest BCUT2D eigenvalue weighted by Gasteiger charge is 2.49. The zero-order valence-corrected chi connectivity index (χ0v) is 23.0. The lowest BCUT2D eigenvalue weighted by molar-refractivity contribution is -0.198. The predicted octanol–water partition coefficient (Wildman–Crippen LogP) is 2.61. The molecule has 40 heavy (non-hydrogen) atoms. The number of esters is 4. The molecule has 0 saturated carbocycles. The second-order valence-corrected chi connectivity index (χ2v) is 8.82. The molecular formula is C28H32N2O10. The van der Waals surface area contributed by atoms with Gasteiger partial charge in [-0.25, -0.2) is 0 Å². The van der Waals surface area contributed by atoms with Crippen molar-refractivity contribution in [3.05, 3.63) is 59.7 Å². The van der Waals surface area contributed by atoms with Crippen LogP contribution in [-0.2, 0) is 47.7 Å². The fraction of sp³-hybridized carbons (Fsp3) is 0.357. The third-order valence-corrected chi connectivity index (χ3v) is 5.43. The Bertz CT molecular complexity index is 1180. The van der Waals surface area contributed by atoms with Gasteiger partial charge >= 0.3 is 23.9 Å². The number of amides is 2. The van der Waals surface area contributed by atoms with E-state index >= 15 is 0 Å². The highest BCUT2D eigenvalue weighted by molar-refractivity contribution is 5.98. The minimum Gasteiger partial charge on any atom is -0.454 e. The lowest BCUT2D eigenvalue weighted by Gasteiger charge is -2.34. The zero-order valence-electron chi connectivity index (χ0n) is 23.0. The Morgan fingerprint density at radius 2 is 0.825 bits per heavy atom. The van der Waals surface area contributed by atoms with Gasteiger partial charge in [0, 0.05) is 39.1 Å². The molecule has 0 spiro atoms. The van der Waals surface area contributed by atoms with Crippen LogP contribution in [-0.4, -0.2) is 60.1 Å². The smallest absolute Gasteiger partial charge is 0.303 e. The first-order valence-corrected chi connectivity index (χ1v) is 12.2. The normalized spacial score (nSPS) is 13.4. The van der Waals surface area contributed by atoms with Gasteiger partial charge in [-0.2, -0.15) is 0 Å². The second-order valence-electron chi connectivity index (χ2n) is 8.82. The summed E-state index contributed by atoms with van der Waals surface area (Å²) in [6.45, 7) is 7.44. The Hall–Kier alpha value is -4.74. The topological polar surface area (TPSA) is 163 Å².